The molecule has 0 saturated heterocycles. The van der Waals surface area contributed by atoms with Crippen molar-refractivity contribution in [2.45, 2.75) is 13.2 Å². The largest absolute Gasteiger partial charge is 0.483 e. The van der Waals surface area contributed by atoms with E-state index in [2.05, 4.69) is 10.4 Å². The molecule has 4 aromatic rings. The zero-order valence-corrected chi connectivity index (χ0v) is 18.4. The van der Waals surface area contributed by atoms with Crippen molar-refractivity contribution < 1.29 is 31.5 Å². The molecule has 0 fully saturated rings. The van der Waals surface area contributed by atoms with Crippen molar-refractivity contribution in [2.24, 2.45) is 0 Å². The summed E-state index contributed by atoms with van der Waals surface area (Å²) in [6.45, 7) is -0.130. The van der Waals surface area contributed by atoms with Crippen molar-refractivity contribution in [1.29, 1.82) is 0 Å². The summed E-state index contributed by atoms with van der Waals surface area (Å²) in [7, 11) is 0. The average Bonchev–Trinajstić information content (AvgIpc) is 3.26. The Bertz CT molecular complexity index is 1370. The van der Waals surface area contributed by atoms with Gasteiger partial charge in [-0.1, -0.05) is 29.8 Å². The molecule has 1 aromatic heterocycles. The summed E-state index contributed by atoms with van der Waals surface area (Å²) in [5, 5.41) is 7.09. The van der Waals surface area contributed by atoms with Crippen molar-refractivity contribution in [1.82, 2.24) is 9.78 Å². The number of benzene rings is 3. The van der Waals surface area contributed by atoms with Crippen molar-refractivity contribution in [3.63, 3.8) is 0 Å². The fourth-order valence-electron chi connectivity index (χ4n) is 3.12. The van der Waals surface area contributed by atoms with Crippen molar-refractivity contribution in [3.05, 3.63) is 112 Å². The Labute approximate surface area is 200 Å². The first-order valence-electron chi connectivity index (χ1n) is 10.0. The molecule has 0 aliphatic rings. The SMILES string of the molecule is O=C(Nc1ccn(Cc2ccc(F)cc2Cl)n1)c1ccc(COc2c(F)c(F)cc(F)c2F)cc1. The molecule has 1 N–H and O–H groups in total. The zero-order valence-electron chi connectivity index (χ0n) is 17.7. The third kappa shape index (κ3) is 5.60. The number of carbonyl (C=O) groups excluding carboxylic acids is 1. The molecule has 0 radical (unpaired) electrons. The first-order valence-corrected chi connectivity index (χ1v) is 10.4. The first-order chi connectivity index (χ1) is 16.7. The lowest BCUT2D eigenvalue weighted by Crippen LogP contribution is -2.13. The summed E-state index contributed by atoms with van der Waals surface area (Å²) in [5.41, 5.74) is 1.29. The summed E-state index contributed by atoms with van der Waals surface area (Å²) in [5.74, 6) is -8.26. The van der Waals surface area contributed by atoms with E-state index in [-0.39, 0.29) is 29.0 Å². The third-order valence-corrected chi connectivity index (χ3v) is 5.25. The summed E-state index contributed by atoms with van der Waals surface area (Å²) in [4.78, 5) is 12.5. The molecule has 0 bridgehead atoms. The minimum absolute atomic E-state index is 0.0892. The summed E-state index contributed by atoms with van der Waals surface area (Å²) in [6, 6.07) is 11.4. The van der Waals surface area contributed by atoms with Gasteiger partial charge in [0.05, 0.1) is 6.54 Å². The molecule has 11 heteroatoms. The van der Waals surface area contributed by atoms with Gasteiger partial charge in [0.25, 0.3) is 5.91 Å². The molecule has 0 aliphatic heterocycles. The number of nitrogens with one attached hydrogen (secondary N) is 1. The van der Waals surface area contributed by atoms with E-state index >= 15 is 0 Å². The Balaban J connectivity index is 1.37. The van der Waals surface area contributed by atoms with E-state index in [4.69, 9.17) is 16.3 Å². The molecule has 180 valence electrons. The number of hydrogen-bond donors (Lipinski definition) is 1. The number of anilines is 1. The molecule has 0 unspecified atom stereocenters. The minimum Gasteiger partial charge on any atom is -0.483 e. The van der Waals surface area contributed by atoms with Gasteiger partial charge in [0.2, 0.25) is 11.6 Å². The number of amides is 1. The highest BCUT2D eigenvalue weighted by atomic mass is 35.5. The standard InChI is InChI=1S/C24H15ClF5N3O2/c25-17-9-16(26)6-5-15(17)11-33-8-7-20(32-33)31-24(34)14-3-1-13(2-4-14)12-35-23-21(29)18(27)10-19(28)22(23)30/h1-10H,11-12H2,(H,31,32,34). The number of ether oxygens (including phenoxy) is 1. The second kappa shape index (κ2) is 10.1. The fraction of sp³-hybridized carbons (Fsp3) is 0.0833. The Morgan fingerprint density at radius 3 is 2.29 bits per heavy atom. The van der Waals surface area contributed by atoms with E-state index in [0.717, 1.165) is 0 Å². The summed E-state index contributed by atoms with van der Waals surface area (Å²) in [6.07, 6.45) is 1.61. The molecule has 5 nitrogen and oxygen atoms in total. The van der Waals surface area contributed by atoms with Gasteiger partial charge < -0.3 is 10.1 Å². The second-order valence-corrected chi connectivity index (χ2v) is 7.78. The van der Waals surface area contributed by atoms with E-state index in [0.29, 0.717) is 11.1 Å². The molecule has 0 atom stereocenters. The Hall–Kier alpha value is -3.92. The van der Waals surface area contributed by atoms with E-state index in [9.17, 15) is 26.7 Å². The van der Waals surface area contributed by atoms with Gasteiger partial charge in [-0.3, -0.25) is 9.48 Å². The molecule has 0 saturated carbocycles. The smallest absolute Gasteiger partial charge is 0.256 e. The zero-order chi connectivity index (χ0) is 25.1. The van der Waals surface area contributed by atoms with Gasteiger partial charge in [0.15, 0.2) is 23.2 Å². The van der Waals surface area contributed by atoms with E-state index in [1.54, 1.807) is 12.3 Å². The number of halogens is 6. The van der Waals surface area contributed by atoms with Crippen LogP contribution in [0.2, 0.25) is 5.02 Å². The third-order valence-electron chi connectivity index (χ3n) is 4.90. The topological polar surface area (TPSA) is 56.2 Å². The molecule has 0 aliphatic carbocycles. The van der Waals surface area contributed by atoms with Gasteiger partial charge in [0.1, 0.15) is 12.4 Å². The van der Waals surface area contributed by atoms with E-state index in [1.165, 1.54) is 47.1 Å². The van der Waals surface area contributed by atoms with E-state index < -0.39 is 47.3 Å². The van der Waals surface area contributed by atoms with Crippen LogP contribution in [0.5, 0.6) is 5.75 Å². The highest BCUT2D eigenvalue weighted by molar-refractivity contribution is 6.31. The molecule has 3 aromatic carbocycles. The van der Waals surface area contributed by atoms with Crippen LogP contribution in [0.3, 0.4) is 0 Å². The van der Waals surface area contributed by atoms with Crippen LogP contribution < -0.4 is 10.1 Å². The minimum atomic E-state index is -1.64. The number of nitrogens with zero attached hydrogens (tertiary/aromatic N) is 2. The van der Waals surface area contributed by atoms with Gasteiger partial charge in [0, 0.05) is 28.9 Å². The van der Waals surface area contributed by atoms with Crippen molar-refractivity contribution in [3.8, 4) is 5.75 Å². The molecular weight excluding hydrogens is 493 g/mol. The predicted molar refractivity (Wildman–Crippen MR) is 118 cm³/mol. The van der Waals surface area contributed by atoms with Crippen LogP contribution in [-0.2, 0) is 13.2 Å². The number of carbonyl (C=O) groups is 1. The lowest BCUT2D eigenvalue weighted by Gasteiger charge is -2.10. The molecular formula is C24H15ClF5N3O2. The fourth-order valence-corrected chi connectivity index (χ4v) is 3.34. The molecule has 4 rings (SSSR count). The lowest BCUT2D eigenvalue weighted by atomic mass is 10.1. The van der Waals surface area contributed by atoms with Gasteiger partial charge in [-0.25, -0.2) is 13.2 Å². The number of rotatable bonds is 7. The van der Waals surface area contributed by atoms with Crippen LogP contribution in [-0.4, -0.2) is 15.7 Å². The quantitative estimate of drug-likeness (QED) is 0.242. The van der Waals surface area contributed by atoms with Crippen molar-refractivity contribution in [2.75, 3.05) is 5.32 Å². The predicted octanol–water partition coefficient (Wildman–Crippen LogP) is 6.11. The Morgan fingerprint density at radius 2 is 1.63 bits per heavy atom. The molecule has 1 heterocycles. The molecule has 0 spiro atoms. The molecule has 35 heavy (non-hydrogen) atoms. The van der Waals surface area contributed by atoms with Crippen LogP contribution in [0.25, 0.3) is 0 Å². The van der Waals surface area contributed by atoms with Gasteiger partial charge in [-0.15, -0.1) is 0 Å². The Kier molecular flexibility index (Phi) is 7.02. The highest BCUT2D eigenvalue weighted by Gasteiger charge is 2.20. The maximum absolute atomic E-state index is 13.7. The average molecular weight is 508 g/mol. The molecule has 1 amide bonds. The van der Waals surface area contributed by atoms with Gasteiger partial charge in [-0.05, 0) is 35.4 Å². The summed E-state index contributed by atoms with van der Waals surface area (Å²) < 4.78 is 73.5. The lowest BCUT2D eigenvalue weighted by molar-refractivity contribution is 0.102. The van der Waals surface area contributed by atoms with Crippen LogP contribution in [0, 0.1) is 29.1 Å². The number of aromatic nitrogens is 2. The Morgan fingerprint density at radius 1 is 0.943 bits per heavy atom. The van der Waals surface area contributed by atoms with Crippen LogP contribution in [0.15, 0.2) is 60.8 Å². The highest BCUT2D eigenvalue weighted by Crippen LogP contribution is 2.27. The van der Waals surface area contributed by atoms with E-state index in [1.807, 2.05) is 0 Å². The summed E-state index contributed by atoms with van der Waals surface area (Å²) >= 11 is 6.02. The maximum atomic E-state index is 13.7. The van der Waals surface area contributed by atoms with Crippen LogP contribution >= 0.6 is 11.6 Å². The van der Waals surface area contributed by atoms with Gasteiger partial charge >= 0.3 is 0 Å². The first kappa shape index (κ1) is 24.2. The van der Waals surface area contributed by atoms with Crippen molar-refractivity contribution >= 4 is 23.3 Å². The maximum Gasteiger partial charge on any atom is 0.256 e. The van der Waals surface area contributed by atoms with Gasteiger partial charge in [-0.2, -0.15) is 13.9 Å². The second-order valence-electron chi connectivity index (χ2n) is 7.37. The monoisotopic (exact) mass is 507 g/mol. The van der Waals surface area contributed by atoms with Crippen LogP contribution in [0.4, 0.5) is 27.8 Å². The normalized spacial score (nSPS) is 10.9. The van der Waals surface area contributed by atoms with Crippen LogP contribution in [0.1, 0.15) is 21.5 Å². The number of hydrogen-bond acceptors (Lipinski definition) is 3.